The van der Waals surface area contributed by atoms with Crippen LogP contribution >= 0.6 is 0 Å². The highest BCUT2D eigenvalue weighted by Gasteiger charge is 2.71. The van der Waals surface area contributed by atoms with Gasteiger partial charge < -0.3 is 41.9 Å². The number of nitrogens with two attached hydrogens (primary N) is 4. The number of aryl methyl sites for hydroxylation is 2. The van der Waals surface area contributed by atoms with Crippen LogP contribution in [0.25, 0.3) is 0 Å². The van der Waals surface area contributed by atoms with Gasteiger partial charge in [-0.1, -0.05) is 121 Å². The minimum Gasteiger partial charge on any atom is -0.381 e. The Labute approximate surface area is 656 Å². The fraction of sp³-hybridized carbons (Fsp3) is 0.656. The third-order valence-corrected chi connectivity index (χ3v) is 28.5. The Morgan fingerprint density at radius 3 is 1.04 bits per heavy atom. The Balaban J connectivity index is 0.000000129. The van der Waals surface area contributed by atoms with E-state index in [1.54, 1.807) is 41.1 Å². The van der Waals surface area contributed by atoms with E-state index < -0.39 is 22.3 Å². The first-order valence-electron chi connectivity index (χ1n) is 41.8. The Morgan fingerprint density at radius 2 is 0.727 bits per heavy atom. The van der Waals surface area contributed by atoms with Gasteiger partial charge in [0.2, 0.25) is 11.7 Å². The lowest BCUT2D eigenvalue weighted by atomic mass is 9.61. The van der Waals surface area contributed by atoms with Crippen molar-refractivity contribution in [1.82, 2.24) is 19.8 Å². The number of amides is 3. The van der Waals surface area contributed by atoms with Crippen molar-refractivity contribution in [3.05, 3.63) is 140 Å². The summed E-state index contributed by atoms with van der Waals surface area (Å²) in [4.78, 5) is 73.4. The molecule has 4 aliphatic heterocycles. The highest BCUT2D eigenvalue weighted by Crippen LogP contribution is 2.67. The number of hydrogen-bond donors (Lipinski definition) is 4. The van der Waals surface area contributed by atoms with Gasteiger partial charge in [0.25, 0.3) is 17.7 Å². The maximum absolute atomic E-state index is 14.0. The summed E-state index contributed by atoms with van der Waals surface area (Å²) < 4.78 is 22.5. The number of carbonyl (C=O) groups is 3. The monoisotopic (exact) mass is 1510 g/mol. The van der Waals surface area contributed by atoms with Crippen molar-refractivity contribution >= 4 is 41.6 Å². The molecule has 4 aromatic carbocycles. The number of carbonyl (C=O) groups excluding carboxylic acids is 3. The first-order chi connectivity index (χ1) is 52.3. The molecule has 4 fully saturated rings. The SMILES string of the molecule is CCc1ccc2c(c1)C1(N=C(N)N(C(C)C)C1=O)C1(CCC(OC)CC1)C2.COC1CCC2(CC1)Cc1ccc(C(C)C)cc1C21N=C(N)N(C(C)C)C1=O.COC1CCC2(CC1)Cc1ccc(C(C)C)cc1C21N=C(N)N(C)O1.COC1CCC2(CC1)Cc1ccc(CCC(C)C)cc1C21N=C(N)N(C(C)C)C1=O. The van der Waals surface area contributed by atoms with E-state index in [2.05, 4.69) is 121 Å². The predicted octanol–water partition coefficient (Wildman–Crippen LogP) is 14.3. The van der Waals surface area contributed by atoms with Gasteiger partial charge in [-0.05, 0) is 268 Å². The minimum atomic E-state index is -0.875. The van der Waals surface area contributed by atoms with E-state index >= 15 is 0 Å². The first-order valence-corrected chi connectivity index (χ1v) is 41.8. The Morgan fingerprint density at radius 1 is 0.418 bits per heavy atom. The summed E-state index contributed by atoms with van der Waals surface area (Å²) in [5, 5.41) is 1.64. The lowest BCUT2D eigenvalue weighted by Crippen LogP contribution is -2.53. The number of hydrogen-bond acceptors (Lipinski definition) is 17. The van der Waals surface area contributed by atoms with E-state index in [-0.39, 0.29) is 75.8 Å². The van der Waals surface area contributed by atoms with Crippen LogP contribution in [0.2, 0.25) is 0 Å². The zero-order valence-corrected chi connectivity index (χ0v) is 69.6. The molecular formula is C90H130N12O8. The first kappa shape index (κ1) is 80.8. The van der Waals surface area contributed by atoms with Crippen molar-refractivity contribution < 1.29 is 38.2 Å². The van der Waals surface area contributed by atoms with Crippen molar-refractivity contribution in [1.29, 1.82) is 0 Å². The third kappa shape index (κ3) is 12.9. The van der Waals surface area contributed by atoms with Crippen LogP contribution < -0.4 is 22.9 Å². The second-order valence-electron chi connectivity index (χ2n) is 36.5. The van der Waals surface area contributed by atoms with Gasteiger partial charge >= 0.3 is 0 Å². The van der Waals surface area contributed by atoms with Crippen molar-refractivity contribution in [3.8, 4) is 0 Å². The summed E-state index contributed by atoms with van der Waals surface area (Å²) in [6.07, 6.45) is 23.6. The van der Waals surface area contributed by atoms with Crippen molar-refractivity contribution in [3.63, 3.8) is 0 Å². The van der Waals surface area contributed by atoms with Crippen molar-refractivity contribution in [2.24, 2.45) is 70.5 Å². The summed E-state index contributed by atoms with van der Waals surface area (Å²) in [6, 6.07) is 26.9. The van der Waals surface area contributed by atoms with E-state index in [1.807, 2.05) is 55.7 Å². The molecule has 4 unspecified atom stereocenters. The van der Waals surface area contributed by atoms with Gasteiger partial charge in [0, 0.05) is 80.8 Å². The fourth-order valence-electron chi connectivity index (χ4n) is 22.2. The maximum Gasteiger partial charge on any atom is 0.262 e. The number of methoxy groups -OCH3 is 4. The van der Waals surface area contributed by atoms with Crippen molar-refractivity contribution in [2.75, 3.05) is 35.5 Å². The van der Waals surface area contributed by atoms with Crippen LogP contribution in [0.3, 0.4) is 0 Å². The number of benzene rings is 4. The number of rotatable bonds is 13. The lowest BCUT2D eigenvalue weighted by molar-refractivity contribution is -0.232. The van der Waals surface area contributed by atoms with Gasteiger partial charge in [-0.3, -0.25) is 29.1 Å². The van der Waals surface area contributed by atoms with Crippen LogP contribution in [-0.4, -0.2) is 139 Å². The molecule has 0 saturated heterocycles. The third-order valence-electron chi connectivity index (χ3n) is 28.5. The summed E-state index contributed by atoms with van der Waals surface area (Å²) >= 11 is 0. The molecule has 0 radical (unpaired) electrons. The quantitative estimate of drug-likeness (QED) is 0.0971. The van der Waals surface area contributed by atoms with Crippen LogP contribution in [0.5, 0.6) is 0 Å². The Bertz CT molecular complexity index is 4240. The van der Waals surface area contributed by atoms with Crippen LogP contribution in [-0.2, 0) is 99.0 Å². The van der Waals surface area contributed by atoms with E-state index in [1.165, 1.54) is 50.1 Å². The van der Waals surface area contributed by atoms with E-state index in [9.17, 15) is 14.4 Å². The van der Waals surface area contributed by atoms with Gasteiger partial charge in [0.15, 0.2) is 34.5 Å². The number of hydroxylamine groups is 2. The molecule has 4 saturated carbocycles. The van der Waals surface area contributed by atoms with Crippen LogP contribution in [0.4, 0.5) is 0 Å². The summed E-state index contributed by atoms with van der Waals surface area (Å²) in [5.41, 5.74) is 36.1. The number of aliphatic imine (C=N–C) groups is 4. The van der Waals surface area contributed by atoms with Gasteiger partial charge in [-0.2, -0.15) is 0 Å². The normalized spacial score (nSPS) is 32.3. The molecule has 4 aromatic rings. The molecule has 0 aromatic heterocycles. The standard InChI is InChI=1S/C25H37N3O2.C23H33N3O2.C22H31N3O2.C20H29N3O2/c1-16(2)6-7-18-8-9-19-15-24(12-10-20(30-5)11-13-24)25(21(19)14-18)22(29)28(17(3)4)23(26)27-25;1-14(2)16-6-7-17-13-22(10-8-18(28-5)9-11-22)23(19(17)12-16)20(27)26(15(3)4)21(24)25-23;1-5-15-6-7-16-13-21(10-8-17(27-4)9-11-21)22(18(16)12-15)19(26)25(14(2)3)20(23)24-22;1-13(2)14-5-6-15-12-19(9-7-16(24-4)8-10-19)20(17(15)11-14)22-18(21)23(3)25-20/h8-9,14,16-17,20H,6-7,10-13,15H2,1-5H3,(H2,26,27);6-7,12,14-15,18H,8-11,13H2,1-5H3,(H2,24,25);6-7,12,14,17H,5,8-11,13H2,1-4H3,(H2,23,24);5-6,11,13,16H,7-10,12H2,1-4H3,(H2,21,22). The highest BCUT2D eigenvalue weighted by atomic mass is 16.7. The predicted molar refractivity (Wildman–Crippen MR) is 436 cm³/mol. The molecule has 598 valence electrons. The second kappa shape index (κ2) is 30.6. The van der Waals surface area contributed by atoms with Crippen LogP contribution in [0.15, 0.2) is 92.8 Å². The largest absolute Gasteiger partial charge is 0.381 e. The van der Waals surface area contributed by atoms with Gasteiger partial charge in [-0.25, -0.2) is 29.9 Å². The number of ether oxygens (including phenoxy) is 4. The molecule has 16 rings (SSSR count). The molecule has 110 heavy (non-hydrogen) atoms. The number of nitrogens with zero attached hydrogens (tertiary/aromatic N) is 8. The smallest absolute Gasteiger partial charge is 0.262 e. The second-order valence-corrected chi connectivity index (χ2v) is 36.5. The molecule has 4 heterocycles. The lowest BCUT2D eigenvalue weighted by Gasteiger charge is -2.45. The molecule has 8 N–H and O–H groups in total. The van der Waals surface area contributed by atoms with E-state index in [4.69, 9.17) is 66.7 Å². The van der Waals surface area contributed by atoms with Gasteiger partial charge in [0.05, 0.1) is 24.4 Å². The van der Waals surface area contributed by atoms with Crippen LogP contribution in [0.1, 0.15) is 278 Å². The molecule has 12 aliphatic rings. The molecular weight excluding hydrogens is 1380 g/mol. The molecule has 20 nitrogen and oxygen atoms in total. The number of fused-ring (bicyclic) bond motifs is 12. The van der Waals surface area contributed by atoms with Crippen LogP contribution in [0, 0.1) is 27.6 Å². The van der Waals surface area contributed by atoms with E-state index in [0.717, 1.165) is 164 Å². The van der Waals surface area contributed by atoms with Gasteiger partial charge in [0.1, 0.15) is 0 Å². The molecule has 8 aliphatic carbocycles. The highest BCUT2D eigenvalue weighted by molar-refractivity contribution is 6.10. The maximum atomic E-state index is 14.0. The zero-order valence-electron chi connectivity index (χ0n) is 69.6. The molecule has 8 spiro atoms. The fourth-order valence-corrected chi connectivity index (χ4v) is 22.2. The molecule has 20 heteroatoms. The minimum absolute atomic E-state index is 0.000297. The number of guanidine groups is 4. The summed E-state index contributed by atoms with van der Waals surface area (Å²) in [5.74, 6) is 3.33. The van der Waals surface area contributed by atoms with E-state index in [0.29, 0.717) is 47.7 Å². The zero-order chi connectivity index (χ0) is 79.2. The molecule has 0 bridgehead atoms. The summed E-state index contributed by atoms with van der Waals surface area (Å²) in [7, 11) is 9.03. The van der Waals surface area contributed by atoms with Gasteiger partial charge in [-0.15, -0.1) is 0 Å². The summed E-state index contributed by atoms with van der Waals surface area (Å²) in [6.45, 7) is 27.6. The topological polar surface area (TPSA) is 264 Å². The average molecular weight is 1510 g/mol. The van der Waals surface area contributed by atoms with Crippen molar-refractivity contribution in [2.45, 2.75) is 314 Å². The average Bonchev–Trinajstić information content (AvgIpc) is 1.54. The molecule has 3 amide bonds. The Kier molecular flexibility index (Phi) is 22.5. The molecule has 4 atom stereocenters. The Hall–Kier alpha value is -7.23.